The molecule has 0 radical (unpaired) electrons. The van der Waals surface area contributed by atoms with Crippen LogP contribution in [0.25, 0.3) is 0 Å². The first-order chi connectivity index (χ1) is 9.40. The largest absolute Gasteiger partial charge is 0.393 e. The van der Waals surface area contributed by atoms with Crippen LogP contribution in [0, 0.1) is 5.92 Å². The van der Waals surface area contributed by atoms with Crippen LogP contribution in [0.1, 0.15) is 36.5 Å². The molecule has 1 fully saturated rings. The van der Waals surface area contributed by atoms with Crippen molar-refractivity contribution in [2.24, 2.45) is 5.92 Å². The normalized spacial score (nSPS) is 22.9. The average molecular weight is 297 g/mol. The zero-order valence-electron chi connectivity index (χ0n) is 11.4. The van der Waals surface area contributed by atoms with E-state index in [4.69, 9.17) is 0 Å². The van der Waals surface area contributed by atoms with Crippen LogP contribution in [0.3, 0.4) is 0 Å². The highest BCUT2D eigenvalue weighted by atomic mass is 32.2. The number of carbonyl (C=O) groups excluding carboxylic acids is 1. The van der Waals surface area contributed by atoms with Gasteiger partial charge in [-0.25, -0.2) is 13.1 Å². The maximum absolute atomic E-state index is 12.1. The molecule has 1 aliphatic rings. The van der Waals surface area contributed by atoms with E-state index in [1.54, 1.807) is 0 Å². The molecule has 2 N–H and O–H groups in total. The third-order valence-electron chi connectivity index (χ3n) is 3.73. The van der Waals surface area contributed by atoms with Crippen LogP contribution in [0.5, 0.6) is 0 Å². The fraction of sp³-hybridized carbons (Fsp3) is 0.500. The minimum Gasteiger partial charge on any atom is -0.393 e. The number of aliphatic hydroxyl groups excluding tert-OH is 1. The number of aliphatic hydroxyl groups is 1. The van der Waals surface area contributed by atoms with E-state index in [1.165, 1.54) is 31.2 Å². The van der Waals surface area contributed by atoms with Gasteiger partial charge in [-0.1, -0.05) is 18.6 Å². The van der Waals surface area contributed by atoms with E-state index in [0.717, 1.165) is 19.3 Å². The molecule has 1 saturated carbocycles. The Balaban J connectivity index is 2.04. The number of nitrogens with one attached hydrogen (secondary N) is 1. The van der Waals surface area contributed by atoms with Crippen LogP contribution < -0.4 is 4.72 Å². The van der Waals surface area contributed by atoms with Crippen LogP contribution >= 0.6 is 0 Å². The zero-order valence-corrected chi connectivity index (χ0v) is 12.2. The Morgan fingerprint density at radius 2 is 1.95 bits per heavy atom. The molecule has 5 nitrogen and oxygen atoms in total. The molecule has 0 amide bonds. The number of Topliss-reactive ketones (excluding diaryl/α,β-unsaturated/α-hetero) is 1. The Bertz CT molecular complexity index is 580. The molecule has 1 aromatic carbocycles. The van der Waals surface area contributed by atoms with Crippen molar-refractivity contribution in [3.05, 3.63) is 29.8 Å². The quantitative estimate of drug-likeness (QED) is 0.803. The van der Waals surface area contributed by atoms with Gasteiger partial charge >= 0.3 is 0 Å². The predicted molar refractivity (Wildman–Crippen MR) is 75.0 cm³/mol. The van der Waals surface area contributed by atoms with E-state index in [-0.39, 0.29) is 23.1 Å². The minimum absolute atomic E-state index is 0.0127. The van der Waals surface area contributed by atoms with E-state index in [0.29, 0.717) is 5.56 Å². The smallest absolute Gasteiger partial charge is 0.240 e. The molecule has 1 aliphatic carbocycles. The van der Waals surface area contributed by atoms with Crippen molar-refractivity contribution in [3.63, 3.8) is 0 Å². The molecule has 0 saturated heterocycles. The van der Waals surface area contributed by atoms with Gasteiger partial charge in [0, 0.05) is 12.1 Å². The van der Waals surface area contributed by atoms with E-state index in [1.807, 2.05) is 0 Å². The number of hydrogen-bond acceptors (Lipinski definition) is 4. The summed E-state index contributed by atoms with van der Waals surface area (Å²) in [7, 11) is -3.59. The Morgan fingerprint density at radius 3 is 2.45 bits per heavy atom. The molecule has 2 atom stereocenters. The van der Waals surface area contributed by atoms with Crippen LogP contribution in [0.15, 0.2) is 29.2 Å². The molecule has 0 heterocycles. The first-order valence-electron chi connectivity index (χ1n) is 6.69. The first kappa shape index (κ1) is 15.2. The number of ketones is 1. The Labute approximate surface area is 119 Å². The molecular formula is C14H19NO4S. The fourth-order valence-electron chi connectivity index (χ4n) is 2.42. The number of sulfonamides is 1. The van der Waals surface area contributed by atoms with Crippen molar-refractivity contribution in [1.29, 1.82) is 0 Å². The van der Waals surface area contributed by atoms with Gasteiger partial charge in [-0.2, -0.15) is 0 Å². The summed E-state index contributed by atoms with van der Waals surface area (Å²) >= 11 is 0. The Hall–Kier alpha value is -1.24. The molecule has 110 valence electrons. The highest BCUT2D eigenvalue weighted by Gasteiger charge is 2.26. The summed E-state index contributed by atoms with van der Waals surface area (Å²) in [5, 5.41) is 9.68. The molecule has 0 bridgehead atoms. The third-order valence-corrected chi connectivity index (χ3v) is 5.17. The SMILES string of the molecule is CC(=O)c1ccc(S(=O)(=O)NCC2CCCC2O)cc1. The summed E-state index contributed by atoms with van der Waals surface area (Å²) in [6.07, 6.45) is 2.09. The summed E-state index contributed by atoms with van der Waals surface area (Å²) in [5.74, 6) is -0.114. The molecule has 0 aromatic heterocycles. The average Bonchev–Trinajstić information content (AvgIpc) is 2.82. The van der Waals surface area contributed by atoms with Crippen molar-refractivity contribution in [1.82, 2.24) is 4.72 Å². The topological polar surface area (TPSA) is 83.5 Å². The summed E-state index contributed by atoms with van der Waals surface area (Å²) in [6, 6.07) is 5.84. The highest BCUT2D eigenvalue weighted by molar-refractivity contribution is 7.89. The lowest BCUT2D eigenvalue weighted by Gasteiger charge is -2.15. The van der Waals surface area contributed by atoms with Gasteiger partial charge in [-0.3, -0.25) is 4.79 Å². The second kappa shape index (κ2) is 6.03. The molecule has 0 spiro atoms. The van der Waals surface area contributed by atoms with Crippen molar-refractivity contribution < 1.29 is 18.3 Å². The molecule has 6 heteroatoms. The first-order valence-corrected chi connectivity index (χ1v) is 8.17. The second-order valence-corrected chi connectivity index (χ2v) is 6.96. The molecular weight excluding hydrogens is 278 g/mol. The summed E-state index contributed by atoms with van der Waals surface area (Å²) < 4.78 is 26.7. The van der Waals surface area contributed by atoms with Crippen molar-refractivity contribution in [3.8, 4) is 0 Å². The molecule has 2 rings (SSSR count). The Morgan fingerprint density at radius 1 is 1.30 bits per heavy atom. The lowest BCUT2D eigenvalue weighted by Crippen LogP contribution is -2.32. The molecule has 0 aliphatic heterocycles. The number of rotatable bonds is 5. The van der Waals surface area contributed by atoms with Crippen LogP contribution in [-0.4, -0.2) is 32.0 Å². The molecule has 20 heavy (non-hydrogen) atoms. The highest BCUT2D eigenvalue weighted by Crippen LogP contribution is 2.25. The lowest BCUT2D eigenvalue weighted by molar-refractivity contribution is 0.101. The summed E-state index contributed by atoms with van der Waals surface area (Å²) in [6.45, 7) is 1.68. The molecule has 2 unspecified atom stereocenters. The summed E-state index contributed by atoms with van der Waals surface area (Å²) in [5.41, 5.74) is 0.482. The van der Waals surface area contributed by atoms with Gasteiger partial charge in [0.2, 0.25) is 10.0 Å². The molecule has 1 aromatic rings. The Kier molecular flexibility index (Phi) is 4.57. The van der Waals surface area contributed by atoms with E-state index >= 15 is 0 Å². The van der Waals surface area contributed by atoms with E-state index < -0.39 is 16.1 Å². The van der Waals surface area contributed by atoms with Gasteiger partial charge in [0.1, 0.15) is 0 Å². The van der Waals surface area contributed by atoms with Crippen LogP contribution in [0.4, 0.5) is 0 Å². The van der Waals surface area contributed by atoms with Crippen molar-refractivity contribution in [2.45, 2.75) is 37.2 Å². The number of hydrogen-bond donors (Lipinski definition) is 2. The maximum Gasteiger partial charge on any atom is 0.240 e. The zero-order chi connectivity index (χ0) is 14.8. The van der Waals surface area contributed by atoms with Gasteiger partial charge in [-0.15, -0.1) is 0 Å². The van der Waals surface area contributed by atoms with Crippen molar-refractivity contribution >= 4 is 15.8 Å². The number of carbonyl (C=O) groups is 1. The fourth-order valence-corrected chi connectivity index (χ4v) is 3.52. The monoisotopic (exact) mass is 297 g/mol. The van der Waals surface area contributed by atoms with Gasteiger partial charge < -0.3 is 5.11 Å². The van der Waals surface area contributed by atoms with Crippen molar-refractivity contribution in [2.75, 3.05) is 6.54 Å². The van der Waals surface area contributed by atoms with Gasteiger partial charge in [0.05, 0.1) is 11.0 Å². The van der Waals surface area contributed by atoms with Crippen LogP contribution in [0.2, 0.25) is 0 Å². The van der Waals surface area contributed by atoms with Gasteiger partial charge in [0.25, 0.3) is 0 Å². The minimum atomic E-state index is -3.59. The van der Waals surface area contributed by atoms with Crippen LogP contribution in [-0.2, 0) is 10.0 Å². The van der Waals surface area contributed by atoms with Gasteiger partial charge in [0.15, 0.2) is 5.78 Å². The number of benzene rings is 1. The summed E-state index contributed by atoms with van der Waals surface area (Å²) in [4.78, 5) is 11.3. The second-order valence-electron chi connectivity index (χ2n) is 5.19. The van der Waals surface area contributed by atoms with E-state index in [9.17, 15) is 18.3 Å². The lowest BCUT2D eigenvalue weighted by atomic mass is 10.1. The maximum atomic E-state index is 12.1. The third kappa shape index (κ3) is 3.45. The van der Waals surface area contributed by atoms with Gasteiger partial charge in [-0.05, 0) is 37.8 Å². The predicted octanol–water partition coefficient (Wildman–Crippen LogP) is 1.33. The van der Waals surface area contributed by atoms with E-state index in [2.05, 4.69) is 4.72 Å². The standard InChI is InChI=1S/C14H19NO4S/c1-10(16)11-5-7-13(8-6-11)20(18,19)15-9-12-3-2-4-14(12)17/h5-8,12,14-15,17H,2-4,9H2,1H3.